The van der Waals surface area contributed by atoms with Gasteiger partial charge < -0.3 is 10.3 Å². The predicted octanol–water partition coefficient (Wildman–Crippen LogP) is 1.33. The minimum absolute atomic E-state index is 0.0246. The summed E-state index contributed by atoms with van der Waals surface area (Å²) in [7, 11) is 0. The first kappa shape index (κ1) is 20.0. The normalized spacial score (nSPS) is 15.0. The Kier molecular flexibility index (Phi) is 4.63. The summed E-state index contributed by atoms with van der Waals surface area (Å²) in [6.07, 6.45) is 1.66. The van der Waals surface area contributed by atoms with Gasteiger partial charge in [0.2, 0.25) is 5.91 Å². The lowest BCUT2D eigenvalue weighted by atomic mass is 10.1. The molecule has 0 saturated heterocycles. The van der Waals surface area contributed by atoms with Gasteiger partial charge in [0.15, 0.2) is 0 Å². The number of benzene rings is 1. The van der Waals surface area contributed by atoms with Crippen molar-refractivity contribution in [3.05, 3.63) is 73.9 Å². The van der Waals surface area contributed by atoms with Gasteiger partial charge in [-0.2, -0.15) is 10.5 Å². The molecule has 31 heavy (non-hydrogen) atoms. The first-order chi connectivity index (χ1) is 14.8. The Balaban J connectivity index is 1.73. The van der Waals surface area contributed by atoms with E-state index in [2.05, 4.69) is 15.3 Å². The molecule has 0 bridgehead atoms. The fourth-order valence-electron chi connectivity index (χ4n) is 3.64. The van der Waals surface area contributed by atoms with Gasteiger partial charge in [0, 0.05) is 6.20 Å². The molecule has 1 aliphatic carbocycles. The number of nitrogens with zero attached hydrogens (tertiary/aromatic N) is 4. The van der Waals surface area contributed by atoms with Crippen LogP contribution in [0.15, 0.2) is 40.1 Å². The largest absolute Gasteiger partial charge is 0.346 e. The van der Waals surface area contributed by atoms with E-state index in [1.54, 1.807) is 12.1 Å². The lowest BCUT2D eigenvalue weighted by Gasteiger charge is -2.21. The number of carbonyl (C=O) groups excluding carboxylic acids is 1. The molecule has 1 aromatic carbocycles. The SMILES string of the molecule is C[C@H](NC(=O)C1(n2c(=O)[nH]c3cccc(C#N)c3c2=O)CC1)c1ncc(C#N)cc1F. The molecule has 0 radical (unpaired) electrons. The molecular weight excluding hydrogens is 403 g/mol. The van der Waals surface area contributed by atoms with Gasteiger partial charge in [-0.05, 0) is 38.0 Å². The monoisotopic (exact) mass is 418 g/mol. The minimum atomic E-state index is -1.43. The van der Waals surface area contributed by atoms with E-state index >= 15 is 0 Å². The zero-order valence-corrected chi connectivity index (χ0v) is 16.3. The van der Waals surface area contributed by atoms with Crippen LogP contribution in [0.25, 0.3) is 10.9 Å². The van der Waals surface area contributed by atoms with E-state index in [4.69, 9.17) is 5.26 Å². The number of amides is 1. The first-order valence-electron chi connectivity index (χ1n) is 9.37. The van der Waals surface area contributed by atoms with Gasteiger partial charge in [0.05, 0.1) is 33.8 Å². The van der Waals surface area contributed by atoms with Gasteiger partial charge in [0.1, 0.15) is 23.5 Å². The number of hydrogen-bond acceptors (Lipinski definition) is 6. The number of nitrogens with one attached hydrogen (secondary N) is 2. The van der Waals surface area contributed by atoms with Crippen molar-refractivity contribution >= 4 is 16.8 Å². The maximum absolute atomic E-state index is 14.3. The summed E-state index contributed by atoms with van der Waals surface area (Å²) in [5, 5.41) is 20.8. The molecule has 0 unspecified atom stereocenters. The third-order valence-corrected chi connectivity index (χ3v) is 5.38. The van der Waals surface area contributed by atoms with Crippen molar-refractivity contribution in [2.24, 2.45) is 0 Å². The number of aromatic amines is 1. The summed E-state index contributed by atoms with van der Waals surface area (Å²) < 4.78 is 15.1. The Morgan fingerprint density at radius 3 is 2.68 bits per heavy atom. The third kappa shape index (κ3) is 3.15. The van der Waals surface area contributed by atoms with E-state index < -0.39 is 34.6 Å². The summed E-state index contributed by atoms with van der Waals surface area (Å²) in [6, 6.07) is 8.34. The van der Waals surface area contributed by atoms with Crippen LogP contribution in [0.2, 0.25) is 0 Å². The quantitative estimate of drug-likeness (QED) is 0.654. The first-order valence-corrected chi connectivity index (χ1v) is 9.37. The topological polar surface area (TPSA) is 144 Å². The molecular formula is C21H15FN6O3. The molecule has 0 spiro atoms. The van der Waals surface area contributed by atoms with Gasteiger partial charge in [-0.3, -0.25) is 14.6 Å². The van der Waals surface area contributed by atoms with Crippen LogP contribution in [0.4, 0.5) is 4.39 Å². The van der Waals surface area contributed by atoms with Crippen molar-refractivity contribution in [3.63, 3.8) is 0 Å². The third-order valence-electron chi connectivity index (χ3n) is 5.38. The highest BCUT2D eigenvalue weighted by Gasteiger charge is 2.54. The number of carbonyl (C=O) groups is 1. The highest BCUT2D eigenvalue weighted by atomic mass is 19.1. The maximum atomic E-state index is 14.3. The highest BCUT2D eigenvalue weighted by Crippen LogP contribution is 2.42. The zero-order chi connectivity index (χ0) is 22.3. The molecule has 2 N–H and O–H groups in total. The van der Waals surface area contributed by atoms with Crippen LogP contribution in [0.1, 0.15) is 42.6 Å². The van der Waals surface area contributed by atoms with Gasteiger partial charge in [0.25, 0.3) is 5.56 Å². The Hall–Kier alpha value is -4.31. The van der Waals surface area contributed by atoms with Crippen LogP contribution in [-0.4, -0.2) is 20.4 Å². The maximum Gasteiger partial charge on any atom is 0.329 e. The Labute approximate surface area is 174 Å². The van der Waals surface area contributed by atoms with E-state index in [-0.39, 0.29) is 40.6 Å². The number of H-pyrrole nitrogens is 1. The van der Waals surface area contributed by atoms with Crippen molar-refractivity contribution in [3.8, 4) is 12.1 Å². The molecule has 1 fully saturated rings. The molecule has 2 heterocycles. The van der Waals surface area contributed by atoms with Crippen molar-refractivity contribution in [1.29, 1.82) is 10.5 Å². The van der Waals surface area contributed by atoms with Crippen molar-refractivity contribution in [2.45, 2.75) is 31.3 Å². The van der Waals surface area contributed by atoms with Gasteiger partial charge in [-0.15, -0.1) is 0 Å². The van der Waals surface area contributed by atoms with Crippen molar-refractivity contribution < 1.29 is 9.18 Å². The average molecular weight is 418 g/mol. The smallest absolute Gasteiger partial charge is 0.329 e. The van der Waals surface area contributed by atoms with Gasteiger partial charge in [-0.1, -0.05) is 6.07 Å². The molecule has 1 saturated carbocycles. The fourth-order valence-corrected chi connectivity index (χ4v) is 3.64. The molecule has 4 rings (SSSR count). The van der Waals surface area contributed by atoms with E-state index in [0.29, 0.717) is 0 Å². The summed E-state index contributed by atoms with van der Waals surface area (Å²) in [5.41, 5.74) is -2.68. The highest BCUT2D eigenvalue weighted by molar-refractivity contribution is 5.89. The van der Waals surface area contributed by atoms with E-state index in [9.17, 15) is 24.0 Å². The van der Waals surface area contributed by atoms with Crippen LogP contribution in [0.3, 0.4) is 0 Å². The van der Waals surface area contributed by atoms with E-state index in [1.807, 2.05) is 6.07 Å². The summed E-state index contributed by atoms with van der Waals surface area (Å²) >= 11 is 0. The van der Waals surface area contributed by atoms with Crippen molar-refractivity contribution in [1.82, 2.24) is 19.9 Å². The molecule has 1 amide bonds. The Bertz CT molecular complexity index is 1440. The minimum Gasteiger partial charge on any atom is -0.346 e. The zero-order valence-electron chi connectivity index (χ0n) is 16.3. The summed E-state index contributed by atoms with van der Waals surface area (Å²) in [4.78, 5) is 45.3. The number of halogens is 1. The lowest BCUT2D eigenvalue weighted by molar-refractivity contribution is -0.126. The lowest BCUT2D eigenvalue weighted by Crippen LogP contribution is -2.50. The van der Waals surface area contributed by atoms with Crippen molar-refractivity contribution in [2.75, 3.05) is 0 Å². The number of aromatic nitrogens is 3. The molecule has 10 heteroatoms. The number of hydrogen-bond donors (Lipinski definition) is 2. The van der Waals surface area contributed by atoms with Gasteiger partial charge in [-0.25, -0.2) is 13.8 Å². The number of rotatable bonds is 4. The van der Waals surface area contributed by atoms with E-state index in [0.717, 1.165) is 10.6 Å². The summed E-state index contributed by atoms with van der Waals surface area (Å²) in [5.74, 6) is -1.39. The molecule has 0 aliphatic heterocycles. The second-order valence-corrected chi connectivity index (χ2v) is 7.34. The number of pyridine rings is 1. The van der Waals surface area contributed by atoms with Gasteiger partial charge >= 0.3 is 5.69 Å². The predicted molar refractivity (Wildman–Crippen MR) is 106 cm³/mol. The number of nitriles is 2. The second-order valence-electron chi connectivity index (χ2n) is 7.34. The van der Waals surface area contributed by atoms with Crippen LogP contribution >= 0.6 is 0 Å². The number of fused-ring (bicyclic) bond motifs is 1. The van der Waals surface area contributed by atoms with Crippen LogP contribution in [-0.2, 0) is 10.3 Å². The molecule has 2 aromatic heterocycles. The molecule has 1 atom stereocenters. The molecule has 3 aromatic rings. The van der Waals surface area contributed by atoms with Crippen LogP contribution in [0.5, 0.6) is 0 Å². The molecule has 9 nitrogen and oxygen atoms in total. The average Bonchev–Trinajstić information content (AvgIpc) is 3.54. The second kappa shape index (κ2) is 7.18. The van der Waals surface area contributed by atoms with E-state index in [1.165, 1.54) is 25.3 Å². The fraction of sp³-hybridized carbons (Fsp3) is 0.238. The molecule has 1 aliphatic rings. The Morgan fingerprint density at radius 1 is 1.32 bits per heavy atom. The summed E-state index contributed by atoms with van der Waals surface area (Å²) in [6.45, 7) is 1.51. The standard InChI is InChI=1S/C21H15FN6O3/c1-11(17-14(22)7-12(8-23)10-25-17)26-19(30)21(5-6-21)28-18(29)16-13(9-24)3-2-4-15(16)27-20(28)31/h2-4,7,10-11H,5-6H2,1H3,(H,26,30)(H,27,31)/t11-/m0/s1. The van der Waals surface area contributed by atoms with Crippen LogP contribution in [0, 0.1) is 28.5 Å². The molecule has 154 valence electrons. The van der Waals surface area contributed by atoms with Crippen LogP contribution < -0.4 is 16.6 Å². The Morgan fingerprint density at radius 2 is 2.06 bits per heavy atom.